The Morgan fingerprint density at radius 2 is 1.74 bits per heavy atom. The smallest absolute Gasteiger partial charge is 0.307 e. The van der Waals surface area contributed by atoms with Crippen LogP contribution in [-0.2, 0) is 5.75 Å². The first-order chi connectivity index (χ1) is 13.2. The third kappa shape index (κ3) is 5.25. The molecule has 0 saturated carbocycles. The molecule has 0 atom stereocenters. The van der Waals surface area contributed by atoms with Gasteiger partial charge in [0.15, 0.2) is 5.76 Å². The lowest BCUT2D eigenvalue weighted by atomic mass is 10.0. The minimum absolute atomic E-state index is 0.209. The number of rotatable bonds is 7. The number of halogens is 1. The summed E-state index contributed by atoms with van der Waals surface area (Å²) in [4.78, 5) is 12.2. The van der Waals surface area contributed by atoms with Crippen molar-refractivity contribution in [1.82, 2.24) is 5.43 Å². The van der Waals surface area contributed by atoms with Crippen molar-refractivity contribution >= 4 is 35.0 Å². The minimum atomic E-state index is -0.401. The van der Waals surface area contributed by atoms with Gasteiger partial charge in [-0.3, -0.25) is 4.79 Å². The average Bonchev–Trinajstić information content (AvgIpc) is 3.23. The van der Waals surface area contributed by atoms with E-state index in [9.17, 15) is 4.79 Å². The third-order valence-corrected chi connectivity index (χ3v) is 5.03. The maximum atomic E-state index is 12.2. The number of benzene rings is 2. The molecule has 0 fully saturated rings. The summed E-state index contributed by atoms with van der Waals surface area (Å²) in [6.45, 7) is 2.14. The van der Waals surface area contributed by atoms with E-state index in [1.54, 1.807) is 24.3 Å². The van der Waals surface area contributed by atoms with Crippen LogP contribution in [0.4, 0.5) is 0 Å². The molecule has 27 heavy (non-hydrogen) atoms. The lowest BCUT2D eigenvalue weighted by molar-refractivity contribution is 0.0927. The molecule has 0 aliphatic carbocycles. The summed E-state index contributed by atoms with van der Waals surface area (Å²) in [6.07, 6.45) is 1.45. The Kier molecular flexibility index (Phi) is 6.74. The molecule has 1 amide bonds. The molecule has 0 radical (unpaired) electrons. The van der Waals surface area contributed by atoms with Crippen LogP contribution in [-0.4, -0.2) is 17.4 Å². The van der Waals surface area contributed by atoms with Gasteiger partial charge in [-0.15, -0.1) is 0 Å². The van der Waals surface area contributed by atoms with Gasteiger partial charge in [0.05, 0.1) is 12.0 Å². The molecular formula is C21H19ClN2O2S. The molecule has 0 aliphatic rings. The molecule has 1 N–H and O–H groups in total. The molecule has 0 aliphatic heterocycles. The lowest BCUT2D eigenvalue weighted by Crippen LogP contribution is -2.20. The maximum absolute atomic E-state index is 12.2. The molecule has 1 heterocycles. The predicted molar refractivity (Wildman–Crippen MR) is 112 cm³/mol. The Hall–Kier alpha value is -2.50. The van der Waals surface area contributed by atoms with E-state index < -0.39 is 5.91 Å². The van der Waals surface area contributed by atoms with Crippen molar-refractivity contribution in [2.24, 2.45) is 5.10 Å². The fourth-order valence-corrected chi connectivity index (χ4v) is 3.21. The highest BCUT2D eigenvalue weighted by Crippen LogP contribution is 2.17. The van der Waals surface area contributed by atoms with Gasteiger partial charge in [-0.2, -0.15) is 16.9 Å². The molecule has 138 valence electrons. The molecule has 6 heteroatoms. The Labute approximate surface area is 167 Å². The van der Waals surface area contributed by atoms with Crippen LogP contribution in [0.2, 0.25) is 5.02 Å². The Bertz CT molecular complexity index is 904. The molecule has 4 nitrogen and oxygen atoms in total. The second-order valence-corrected chi connectivity index (χ2v) is 7.43. The lowest BCUT2D eigenvalue weighted by Gasteiger charge is -2.09. The van der Waals surface area contributed by atoms with Crippen molar-refractivity contribution in [3.05, 3.63) is 94.4 Å². The highest BCUT2D eigenvalue weighted by atomic mass is 35.5. The highest BCUT2D eigenvalue weighted by Gasteiger charge is 2.11. The van der Waals surface area contributed by atoms with Gasteiger partial charge < -0.3 is 4.42 Å². The van der Waals surface area contributed by atoms with Crippen molar-refractivity contribution in [2.45, 2.75) is 12.7 Å². The zero-order valence-electron chi connectivity index (χ0n) is 14.8. The van der Waals surface area contributed by atoms with Crippen LogP contribution in [0, 0.1) is 0 Å². The highest BCUT2D eigenvalue weighted by molar-refractivity contribution is 7.98. The first-order valence-corrected chi connectivity index (χ1v) is 10.0. The predicted octanol–water partition coefficient (Wildman–Crippen LogP) is 5.37. The monoisotopic (exact) mass is 398 g/mol. The molecule has 1 aromatic heterocycles. The maximum Gasteiger partial charge on any atom is 0.307 e. The van der Waals surface area contributed by atoms with Crippen molar-refractivity contribution in [3.8, 4) is 0 Å². The third-order valence-electron chi connectivity index (χ3n) is 3.83. The van der Waals surface area contributed by atoms with Crippen molar-refractivity contribution < 1.29 is 9.21 Å². The Morgan fingerprint density at radius 3 is 2.33 bits per heavy atom. The fourth-order valence-electron chi connectivity index (χ4n) is 2.45. The quantitative estimate of drug-likeness (QED) is 0.430. The van der Waals surface area contributed by atoms with Crippen LogP contribution < -0.4 is 5.43 Å². The van der Waals surface area contributed by atoms with Crippen LogP contribution in [0.3, 0.4) is 0 Å². The van der Waals surface area contributed by atoms with Crippen LogP contribution in [0.1, 0.15) is 34.2 Å². The number of carbonyl (C=O) groups is 1. The second kappa shape index (κ2) is 9.44. The molecule has 0 saturated heterocycles. The fraction of sp³-hybridized carbons (Fsp3) is 0.143. The summed E-state index contributed by atoms with van der Waals surface area (Å²) < 4.78 is 5.11. The van der Waals surface area contributed by atoms with Crippen LogP contribution >= 0.6 is 23.4 Å². The van der Waals surface area contributed by atoms with Gasteiger partial charge in [-0.1, -0.05) is 54.9 Å². The van der Waals surface area contributed by atoms with Gasteiger partial charge in [0.1, 0.15) is 0 Å². The van der Waals surface area contributed by atoms with Gasteiger partial charge in [0.2, 0.25) is 0 Å². The second-order valence-electron chi connectivity index (χ2n) is 5.72. The number of hydrogen-bond donors (Lipinski definition) is 1. The number of thioether (sulfide) groups is 1. The number of nitrogens with one attached hydrogen (secondary N) is 1. The van der Waals surface area contributed by atoms with Crippen LogP contribution in [0.25, 0.3) is 0 Å². The number of carbonyl (C=O) groups excluding carboxylic acids is 1. The minimum Gasteiger partial charge on any atom is -0.459 e. The largest absolute Gasteiger partial charge is 0.459 e. The Morgan fingerprint density at radius 1 is 1.07 bits per heavy atom. The first-order valence-electron chi connectivity index (χ1n) is 8.52. The first kappa shape index (κ1) is 19.3. The average molecular weight is 399 g/mol. The standard InChI is InChI=1S/C21H19ClN2O2S/c1-2-27-14-15-5-7-16(8-6-15)20(17-9-11-18(22)12-10-17)23-24-21(25)19-4-3-13-26-19/h3-13H,2,14H2,1H3,(H,24,25). The van der Waals surface area contributed by atoms with E-state index in [0.29, 0.717) is 10.7 Å². The zero-order chi connectivity index (χ0) is 19.1. The summed E-state index contributed by atoms with van der Waals surface area (Å²) in [5.41, 5.74) is 6.23. The van der Waals surface area contributed by atoms with Gasteiger partial charge in [0.25, 0.3) is 0 Å². The van der Waals surface area contributed by atoms with Gasteiger partial charge >= 0.3 is 5.91 Å². The zero-order valence-corrected chi connectivity index (χ0v) is 16.4. The summed E-state index contributed by atoms with van der Waals surface area (Å²) in [5.74, 6) is 1.86. The SMILES string of the molecule is CCSCc1ccc(C(=NNC(=O)c2ccco2)c2ccc(Cl)cc2)cc1. The van der Waals surface area contributed by atoms with Crippen LogP contribution in [0.15, 0.2) is 76.4 Å². The van der Waals surface area contributed by atoms with Crippen molar-refractivity contribution in [2.75, 3.05) is 5.75 Å². The van der Waals surface area contributed by atoms with E-state index in [-0.39, 0.29) is 5.76 Å². The van der Waals surface area contributed by atoms with Gasteiger partial charge in [-0.05, 0) is 35.6 Å². The van der Waals surface area contributed by atoms with Gasteiger partial charge in [-0.25, -0.2) is 5.43 Å². The molecular weight excluding hydrogens is 380 g/mol. The number of amides is 1. The normalized spacial score (nSPS) is 11.4. The van der Waals surface area contributed by atoms with E-state index in [1.165, 1.54) is 11.8 Å². The van der Waals surface area contributed by atoms with E-state index >= 15 is 0 Å². The number of hydrogen-bond acceptors (Lipinski definition) is 4. The molecule has 0 spiro atoms. The molecule has 0 unspecified atom stereocenters. The number of hydrazone groups is 1. The molecule has 2 aromatic carbocycles. The summed E-state index contributed by atoms with van der Waals surface area (Å²) in [6, 6.07) is 18.8. The van der Waals surface area contributed by atoms with E-state index in [4.69, 9.17) is 16.0 Å². The van der Waals surface area contributed by atoms with E-state index in [2.05, 4.69) is 29.6 Å². The summed E-state index contributed by atoms with van der Waals surface area (Å²) in [5, 5.41) is 4.99. The molecule has 3 aromatic rings. The number of furan rings is 1. The Balaban J connectivity index is 1.88. The molecule has 3 rings (SSSR count). The molecule has 0 bridgehead atoms. The van der Waals surface area contributed by atoms with Gasteiger partial charge in [0, 0.05) is 21.9 Å². The van der Waals surface area contributed by atoms with E-state index in [0.717, 1.165) is 22.6 Å². The van der Waals surface area contributed by atoms with E-state index in [1.807, 2.05) is 36.0 Å². The van der Waals surface area contributed by atoms with Crippen molar-refractivity contribution in [1.29, 1.82) is 0 Å². The topological polar surface area (TPSA) is 54.6 Å². The van der Waals surface area contributed by atoms with Crippen LogP contribution in [0.5, 0.6) is 0 Å². The summed E-state index contributed by atoms with van der Waals surface area (Å²) in [7, 11) is 0. The summed E-state index contributed by atoms with van der Waals surface area (Å²) >= 11 is 7.88. The number of nitrogens with zero attached hydrogens (tertiary/aromatic N) is 1. The van der Waals surface area contributed by atoms with Crippen molar-refractivity contribution in [3.63, 3.8) is 0 Å².